The van der Waals surface area contributed by atoms with Crippen LogP contribution in [0.2, 0.25) is 5.15 Å². The summed E-state index contributed by atoms with van der Waals surface area (Å²) in [6, 6.07) is 3.40. The van der Waals surface area contributed by atoms with E-state index < -0.39 is 0 Å². The molecule has 0 saturated heterocycles. The Morgan fingerprint density at radius 2 is 2.25 bits per heavy atom. The van der Waals surface area contributed by atoms with Crippen LogP contribution < -0.4 is 0 Å². The van der Waals surface area contributed by atoms with E-state index in [0.717, 1.165) is 5.56 Å². The lowest BCUT2D eigenvalue weighted by atomic mass is 10.4. The highest BCUT2D eigenvalue weighted by Crippen LogP contribution is 2.07. The van der Waals surface area contributed by atoms with E-state index in [2.05, 4.69) is 43.1 Å². The van der Waals surface area contributed by atoms with E-state index in [9.17, 15) is 0 Å². The normalized spacial score (nSPS) is 9.62. The van der Waals surface area contributed by atoms with Gasteiger partial charge < -0.3 is 0 Å². The predicted octanol–water partition coefficient (Wildman–Crippen LogP) is 2.06. The van der Waals surface area contributed by atoms with Crippen LogP contribution >= 0.6 is 27.5 Å². The Kier molecular flexibility index (Phi) is 3.54. The molecule has 0 aliphatic heterocycles. The highest BCUT2D eigenvalue weighted by molar-refractivity contribution is 9.09. The van der Waals surface area contributed by atoms with Gasteiger partial charge in [-0.15, -0.1) is 10.2 Å². The summed E-state index contributed by atoms with van der Waals surface area (Å²) >= 11 is 8.87. The smallest absolute Gasteiger partial charge is 0.175 e. The summed E-state index contributed by atoms with van der Waals surface area (Å²) in [5.41, 5.74) is 0.830. The molecule has 0 fully saturated rings. The molecule has 2 rings (SSSR count). The fourth-order valence-corrected chi connectivity index (χ4v) is 1.32. The van der Waals surface area contributed by atoms with Crippen LogP contribution in [0.3, 0.4) is 0 Å². The minimum atomic E-state index is 0.357. The minimum absolute atomic E-state index is 0.357. The second-order valence-corrected chi connectivity index (χ2v) is 3.77. The summed E-state index contributed by atoms with van der Waals surface area (Å²) in [6.07, 6.45) is 3.46. The van der Waals surface area contributed by atoms with Crippen LogP contribution in [0.1, 0.15) is 5.56 Å². The molecule has 0 amide bonds. The van der Waals surface area contributed by atoms with Gasteiger partial charge in [0.25, 0.3) is 0 Å². The second kappa shape index (κ2) is 5.10. The van der Waals surface area contributed by atoms with E-state index in [0.29, 0.717) is 16.3 Å². The lowest BCUT2D eigenvalue weighted by Gasteiger charge is -1.96. The number of rotatable bonds is 1. The van der Waals surface area contributed by atoms with Crippen LogP contribution in [0.4, 0.5) is 0 Å². The summed E-state index contributed by atoms with van der Waals surface area (Å²) in [5, 5.41) is 12.8. The van der Waals surface area contributed by atoms with Crippen molar-refractivity contribution in [2.24, 2.45) is 0 Å². The maximum atomic E-state index is 5.64. The number of hydrogen-bond donors (Lipinski definition) is 0. The highest BCUT2D eigenvalue weighted by atomic mass is 79.9. The number of aromatic nitrogens is 4. The van der Waals surface area contributed by atoms with Crippen molar-refractivity contribution in [2.75, 3.05) is 5.33 Å². The van der Waals surface area contributed by atoms with Gasteiger partial charge in [0.15, 0.2) is 11.0 Å². The van der Waals surface area contributed by atoms with Gasteiger partial charge in [-0.1, -0.05) is 39.4 Å². The standard InChI is InChI=1S/C10H6BrClN4/c11-5-1-2-8-6-13-16(7-8)10-4-3-9(12)14-15-10/h3-4,6-7H,5H2. The van der Waals surface area contributed by atoms with Crippen molar-refractivity contribution in [3.8, 4) is 17.7 Å². The van der Waals surface area contributed by atoms with Crippen LogP contribution in [0.15, 0.2) is 24.5 Å². The van der Waals surface area contributed by atoms with Crippen LogP contribution in [0.25, 0.3) is 5.82 Å². The Morgan fingerprint density at radius 3 is 2.94 bits per heavy atom. The summed E-state index contributed by atoms with van der Waals surface area (Å²) in [4.78, 5) is 0. The van der Waals surface area contributed by atoms with Gasteiger partial charge in [-0.2, -0.15) is 5.10 Å². The third kappa shape index (κ3) is 2.60. The topological polar surface area (TPSA) is 43.6 Å². The molecule has 0 bridgehead atoms. The molecule has 0 aliphatic carbocycles. The number of halogens is 2. The molecule has 2 aromatic heterocycles. The Balaban J connectivity index is 2.28. The molecule has 2 aromatic rings. The Hall–Kier alpha value is -1.38. The Morgan fingerprint density at radius 1 is 1.38 bits per heavy atom. The molecule has 0 atom stereocenters. The van der Waals surface area contributed by atoms with Crippen molar-refractivity contribution < 1.29 is 0 Å². The van der Waals surface area contributed by atoms with Gasteiger partial charge >= 0.3 is 0 Å². The molecule has 16 heavy (non-hydrogen) atoms. The van der Waals surface area contributed by atoms with Crippen molar-refractivity contribution in [3.05, 3.63) is 35.2 Å². The molecule has 0 saturated carbocycles. The summed E-state index contributed by atoms with van der Waals surface area (Å²) in [5.74, 6) is 6.44. The van der Waals surface area contributed by atoms with Gasteiger partial charge in [-0.3, -0.25) is 0 Å². The second-order valence-electron chi connectivity index (χ2n) is 2.82. The van der Waals surface area contributed by atoms with Gasteiger partial charge in [-0.25, -0.2) is 4.68 Å². The van der Waals surface area contributed by atoms with Crippen molar-refractivity contribution in [1.29, 1.82) is 0 Å². The van der Waals surface area contributed by atoms with Crippen molar-refractivity contribution in [1.82, 2.24) is 20.0 Å². The van der Waals surface area contributed by atoms with Crippen LogP contribution in [0.5, 0.6) is 0 Å². The van der Waals surface area contributed by atoms with Gasteiger partial charge in [-0.05, 0) is 12.1 Å². The molecule has 0 spiro atoms. The fourth-order valence-electron chi connectivity index (χ4n) is 1.08. The number of hydrogen-bond acceptors (Lipinski definition) is 3. The molecule has 80 valence electrons. The first kappa shape index (κ1) is 11.1. The maximum absolute atomic E-state index is 5.64. The van der Waals surface area contributed by atoms with Crippen molar-refractivity contribution in [2.45, 2.75) is 0 Å². The van der Waals surface area contributed by atoms with Gasteiger partial charge in [0.05, 0.1) is 17.1 Å². The predicted molar refractivity (Wildman–Crippen MR) is 64.8 cm³/mol. The molecule has 0 unspecified atom stereocenters. The third-order valence-corrected chi connectivity index (χ3v) is 2.22. The zero-order valence-electron chi connectivity index (χ0n) is 8.06. The zero-order valence-corrected chi connectivity index (χ0v) is 10.4. The largest absolute Gasteiger partial charge is 0.220 e. The van der Waals surface area contributed by atoms with Crippen LogP contribution in [-0.4, -0.2) is 25.3 Å². The average Bonchev–Trinajstić information content (AvgIpc) is 2.76. The van der Waals surface area contributed by atoms with E-state index in [4.69, 9.17) is 11.6 Å². The molecule has 6 heteroatoms. The van der Waals surface area contributed by atoms with E-state index in [1.807, 2.05) is 0 Å². The first-order chi connectivity index (χ1) is 7.79. The Labute approximate surface area is 106 Å². The molecule has 0 N–H and O–H groups in total. The lowest BCUT2D eigenvalue weighted by Crippen LogP contribution is -1.98. The summed E-state index contributed by atoms with van der Waals surface area (Å²) in [7, 11) is 0. The highest BCUT2D eigenvalue weighted by Gasteiger charge is 2.00. The molecule has 0 aromatic carbocycles. The molecular weight excluding hydrogens is 291 g/mol. The quantitative estimate of drug-likeness (QED) is 0.598. The number of nitrogens with zero attached hydrogens (tertiary/aromatic N) is 4. The SMILES string of the molecule is Clc1ccc(-n2cc(C#CCBr)cn2)nn1. The van der Waals surface area contributed by atoms with Crippen LogP contribution in [0, 0.1) is 11.8 Å². The molecule has 0 aliphatic rings. The first-order valence-corrected chi connectivity index (χ1v) is 5.88. The molecule has 0 radical (unpaired) electrons. The van der Waals surface area contributed by atoms with E-state index in [-0.39, 0.29) is 0 Å². The van der Waals surface area contributed by atoms with Gasteiger partial charge in [0.1, 0.15) is 0 Å². The average molecular weight is 298 g/mol. The lowest BCUT2D eigenvalue weighted by molar-refractivity contribution is 0.814. The molecular formula is C10H6BrClN4. The number of alkyl halides is 1. The maximum Gasteiger partial charge on any atom is 0.175 e. The zero-order chi connectivity index (χ0) is 11.4. The van der Waals surface area contributed by atoms with E-state index in [1.54, 1.807) is 29.2 Å². The van der Waals surface area contributed by atoms with Crippen molar-refractivity contribution >= 4 is 27.5 Å². The first-order valence-electron chi connectivity index (χ1n) is 4.39. The molecule has 2 heterocycles. The van der Waals surface area contributed by atoms with E-state index >= 15 is 0 Å². The fraction of sp³-hybridized carbons (Fsp3) is 0.100. The van der Waals surface area contributed by atoms with Gasteiger partial charge in [0, 0.05) is 6.20 Å². The van der Waals surface area contributed by atoms with Crippen molar-refractivity contribution in [3.63, 3.8) is 0 Å². The summed E-state index contributed by atoms with van der Waals surface area (Å²) in [6.45, 7) is 0. The molecule has 4 nitrogen and oxygen atoms in total. The minimum Gasteiger partial charge on any atom is -0.220 e. The van der Waals surface area contributed by atoms with E-state index in [1.165, 1.54) is 0 Å². The van der Waals surface area contributed by atoms with Crippen LogP contribution in [-0.2, 0) is 0 Å². The van der Waals surface area contributed by atoms with Gasteiger partial charge in [0.2, 0.25) is 0 Å². The monoisotopic (exact) mass is 296 g/mol. The third-order valence-electron chi connectivity index (χ3n) is 1.73. The summed E-state index contributed by atoms with van der Waals surface area (Å²) < 4.78 is 1.60. The Bertz CT molecular complexity index is 538.